The largest absolute Gasteiger partial charge is 0.310 e. The van der Waals surface area contributed by atoms with Gasteiger partial charge in [0.05, 0.1) is 11.0 Å². The SMILES string of the molecule is Clc1cc(-c2ccc3c4cc5ccccc5cc4n(-c4ccccc4)c3c2)cc(N(c2ccccc2)c2ccccc2)c1. The standard InChI is InChI=1S/C40H27ClN2/c41-32-22-31(23-36(27-32)42(33-14-4-1-5-15-33)34-16-6-2-7-17-34)30-20-21-37-38-24-28-12-10-11-13-29(28)25-40(38)43(39(37)26-30)35-18-8-3-9-19-35/h1-27H. The topological polar surface area (TPSA) is 8.17 Å². The summed E-state index contributed by atoms with van der Waals surface area (Å²) in [4.78, 5) is 2.25. The Labute approximate surface area is 255 Å². The van der Waals surface area contributed by atoms with E-state index in [0.717, 1.165) is 33.9 Å². The van der Waals surface area contributed by atoms with Crippen LogP contribution in [0.1, 0.15) is 0 Å². The Kier molecular flexibility index (Phi) is 6.21. The molecule has 43 heavy (non-hydrogen) atoms. The summed E-state index contributed by atoms with van der Waals surface area (Å²) in [5.74, 6) is 0. The third kappa shape index (κ3) is 4.53. The summed E-state index contributed by atoms with van der Waals surface area (Å²) < 4.78 is 2.38. The number of para-hydroxylation sites is 3. The average molecular weight is 571 g/mol. The van der Waals surface area contributed by atoms with E-state index in [4.69, 9.17) is 11.6 Å². The number of hydrogen-bond acceptors (Lipinski definition) is 1. The van der Waals surface area contributed by atoms with Crippen molar-refractivity contribution in [2.45, 2.75) is 0 Å². The molecule has 204 valence electrons. The molecule has 0 aliphatic rings. The monoisotopic (exact) mass is 570 g/mol. The predicted molar refractivity (Wildman–Crippen MR) is 183 cm³/mol. The fourth-order valence-corrected chi connectivity index (χ4v) is 6.44. The van der Waals surface area contributed by atoms with Gasteiger partial charge in [-0.1, -0.05) is 103 Å². The summed E-state index contributed by atoms with van der Waals surface area (Å²) in [6.07, 6.45) is 0. The molecule has 0 spiro atoms. The van der Waals surface area contributed by atoms with Gasteiger partial charge in [0.25, 0.3) is 0 Å². The first-order chi connectivity index (χ1) is 21.2. The van der Waals surface area contributed by atoms with Gasteiger partial charge in [-0.3, -0.25) is 0 Å². The molecule has 0 saturated carbocycles. The van der Waals surface area contributed by atoms with Crippen LogP contribution in [0.2, 0.25) is 5.02 Å². The highest BCUT2D eigenvalue weighted by Crippen LogP contribution is 2.40. The van der Waals surface area contributed by atoms with Crippen LogP contribution < -0.4 is 4.90 Å². The van der Waals surface area contributed by atoms with Crippen molar-refractivity contribution in [3.05, 3.63) is 169 Å². The number of halogens is 1. The number of benzene rings is 7. The number of aromatic nitrogens is 1. The number of nitrogens with zero attached hydrogens (tertiary/aromatic N) is 2. The molecule has 0 amide bonds. The lowest BCUT2D eigenvalue weighted by Crippen LogP contribution is -2.09. The first kappa shape index (κ1) is 25.4. The molecule has 8 aromatic rings. The summed E-state index contributed by atoms with van der Waals surface area (Å²) in [5.41, 5.74) is 8.85. The van der Waals surface area contributed by atoms with Crippen LogP contribution in [0.3, 0.4) is 0 Å². The molecule has 1 heterocycles. The Morgan fingerprint density at radius 3 is 1.67 bits per heavy atom. The molecule has 0 aliphatic heterocycles. The molecule has 0 atom stereocenters. The van der Waals surface area contributed by atoms with E-state index in [1.807, 2.05) is 18.2 Å². The Hall–Kier alpha value is -5.31. The van der Waals surface area contributed by atoms with E-state index >= 15 is 0 Å². The van der Waals surface area contributed by atoms with E-state index in [9.17, 15) is 0 Å². The zero-order valence-corrected chi connectivity index (χ0v) is 24.1. The summed E-state index contributed by atoms with van der Waals surface area (Å²) in [6, 6.07) is 57.8. The van der Waals surface area contributed by atoms with Gasteiger partial charge in [0.2, 0.25) is 0 Å². The summed E-state index contributed by atoms with van der Waals surface area (Å²) in [6.45, 7) is 0. The molecule has 2 nitrogen and oxygen atoms in total. The predicted octanol–water partition coefficient (Wildman–Crippen LogP) is 11.7. The molecule has 0 N–H and O–H groups in total. The second-order valence-electron chi connectivity index (χ2n) is 10.8. The van der Waals surface area contributed by atoms with Crippen LogP contribution in [0, 0.1) is 0 Å². The summed E-state index contributed by atoms with van der Waals surface area (Å²) in [7, 11) is 0. The van der Waals surface area contributed by atoms with Gasteiger partial charge in [0.1, 0.15) is 0 Å². The van der Waals surface area contributed by atoms with Crippen LogP contribution in [0.15, 0.2) is 164 Å². The highest BCUT2D eigenvalue weighted by molar-refractivity contribution is 6.31. The molecule has 0 radical (unpaired) electrons. The zero-order valence-electron chi connectivity index (χ0n) is 23.4. The minimum Gasteiger partial charge on any atom is -0.310 e. The first-order valence-corrected chi connectivity index (χ1v) is 14.8. The van der Waals surface area contributed by atoms with E-state index in [0.29, 0.717) is 5.02 Å². The van der Waals surface area contributed by atoms with E-state index in [1.165, 1.54) is 32.6 Å². The Balaban J connectivity index is 1.35. The lowest BCUT2D eigenvalue weighted by Gasteiger charge is -2.26. The molecular weight excluding hydrogens is 544 g/mol. The smallest absolute Gasteiger partial charge is 0.0547 e. The van der Waals surface area contributed by atoms with Crippen LogP contribution in [0.5, 0.6) is 0 Å². The first-order valence-electron chi connectivity index (χ1n) is 14.5. The zero-order chi connectivity index (χ0) is 28.8. The van der Waals surface area contributed by atoms with Gasteiger partial charge < -0.3 is 9.47 Å². The quantitative estimate of drug-likeness (QED) is 0.200. The van der Waals surface area contributed by atoms with Crippen molar-refractivity contribution < 1.29 is 0 Å². The maximum atomic E-state index is 6.86. The molecule has 8 rings (SSSR count). The third-order valence-electron chi connectivity index (χ3n) is 8.15. The summed E-state index contributed by atoms with van der Waals surface area (Å²) >= 11 is 6.86. The van der Waals surface area contributed by atoms with E-state index in [1.54, 1.807) is 0 Å². The van der Waals surface area contributed by atoms with Gasteiger partial charge in [-0.05, 0) is 94.7 Å². The Bertz CT molecular complexity index is 2200. The van der Waals surface area contributed by atoms with E-state index in [-0.39, 0.29) is 0 Å². The van der Waals surface area contributed by atoms with Crippen molar-refractivity contribution in [3.63, 3.8) is 0 Å². The lowest BCUT2D eigenvalue weighted by molar-refractivity contribution is 1.18. The molecule has 0 unspecified atom stereocenters. The van der Waals surface area contributed by atoms with Crippen LogP contribution in [-0.2, 0) is 0 Å². The normalized spacial score (nSPS) is 11.4. The number of fused-ring (bicyclic) bond motifs is 4. The molecule has 7 aromatic carbocycles. The van der Waals surface area contributed by atoms with Crippen molar-refractivity contribution >= 4 is 61.2 Å². The van der Waals surface area contributed by atoms with Crippen LogP contribution in [-0.4, -0.2) is 4.57 Å². The van der Waals surface area contributed by atoms with Gasteiger partial charge >= 0.3 is 0 Å². The lowest BCUT2D eigenvalue weighted by atomic mass is 10.0. The Morgan fingerprint density at radius 2 is 1.00 bits per heavy atom. The number of anilines is 3. The molecule has 0 saturated heterocycles. The molecule has 0 fully saturated rings. The minimum atomic E-state index is 0.694. The highest BCUT2D eigenvalue weighted by Gasteiger charge is 2.17. The van der Waals surface area contributed by atoms with E-state index < -0.39 is 0 Å². The third-order valence-corrected chi connectivity index (χ3v) is 8.37. The maximum Gasteiger partial charge on any atom is 0.0547 e. The minimum absolute atomic E-state index is 0.694. The number of hydrogen-bond donors (Lipinski definition) is 0. The maximum absolute atomic E-state index is 6.86. The molecule has 0 aliphatic carbocycles. The average Bonchev–Trinajstić information content (AvgIpc) is 3.37. The van der Waals surface area contributed by atoms with Crippen LogP contribution in [0.4, 0.5) is 17.1 Å². The Morgan fingerprint density at radius 1 is 0.419 bits per heavy atom. The van der Waals surface area contributed by atoms with Crippen LogP contribution in [0.25, 0.3) is 49.4 Å². The van der Waals surface area contributed by atoms with Crippen molar-refractivity contribution in [1.29, 1.82) is 0 Å². The van der Waals surface area contributed by atoms with Gasteiger partial charge in [0.15, 0.2) is 0 Å². The van der Waals surface area contributed by atoms with Crippen molar-refractivity contribution in [1.82, 2.24) is 4.57 Å². The van der Waals surface area contributed by atoms with Gasteiger partial charge in [-0.15, -0.1) is 0 Å². The van der Waals surface area contributed by atoms with E-state index in [2.05, 4.69) is 155 Å². The molecule has 3 heteroatoms. The second-order valence-corrected chi connectivity index (χ2v) is 11.3. The molecule has 1 aromatic heterocycles. The van der Waals surface area contributed by atoms with Crippen molar-refractivity contribution in [3.8, 4) is 16.8 Å². The second kappa shape index (κ2) is 10.5. The van der Waals surface area contributed by atoms with Crippen LogP contribution >= 0.6 is 11.6 Å². The fourth-order valence-electron chi connectivity index (χ4n) is 6.21. The fraction of sp³-hybridized carbons (Fsp3) is 0. The van der Waals surface area contributed by atoms with Gasteiger partial charge in [0, 0.05) is 38.5 Å². The number of rotatable bonds is 5. The van der Waals surface area contributed by atoms with Crippen molar-refractivity contribution in [2.75, 3.05) is 4.90 Å². The van der Waals surface area contributed by atoms with Gasteiger partial charge in [-0.2, -0.15) is 0 Å². The van der Waals surface area contributed by atoms with Gasteiger partial charge in [-0.25, -0.2) is 0 Å². The van der Waals surface area contributed by atoms with Crippen molar-refractivity contribution in [2.24, 2.45) is 0 Å². The molecule has 0 bridgehead atoms. The molecular formula is C40H27ClN2. The summed E-state index contributed by atoms with van der Waals surface area (Å²) in [5, 5.41) is 5.64. The highest BCUT2D eigenvalue weighted by atomic mass is 35.5.